The van der Waals surface area contributed by atoms with E-state index in [0.29, 0.717) is 6.42 Å². The van der Waals surface area contributed by atoms with Crippen LogP contribution in [0.25, 0.3) is 0 Å². The fraction of sp³-hybridized carbons (Fsp3) is 0.462. The molecule has 0 saturated heterocycles. The molecule has 0 radical (unpaired) electrons. The summed E-state index contributed by atoms with van der Waals surface area (Å²) in [5.74, 6) is -0.606. The topological polar surface area (TPSA) is 55.1 Å². The SMILES string of the molecule is CCC(C)C(N)C(=O)Nc1cc(Cl)cc(C(F)(F)F)c1. The fourth-order valence-corrected chi connectivity index (χ4v) is 1.80. The van der Waals surface area contributed by atoms with Gasteiger partial charge in [0.05, 0.1) is 11.6 Å². The summed E-state index contributed by atoms with van der Waals surface area (Å²) in [5.41, 5.74) is 4.77. The van der Waals surface area contributed by atoms with Crippen molar-refractivity contribution >= 4 is 23.2 Å². The van der Waals surface area contributed by atoms with Crippen LogP contribution in [0.4, 0.5) is 18.9 Å². The average molecular weight is 309 g/mol. The highest BCUT2D eigenvalue weighted by atomic mass is 35.5. The first-order chi connectivity index (χ1) is 9.15. The Morgan fingerprint density at radius 2 is 2.00 bits per heavy atom. The Balaban J connectivity index is 2.93. The number of nitrogens with two attached hydrogens (primary N) is 1. The number of carbonyl (C=O) groups excluding carboxylic acids is 1. The molecule has 0 aromatic heterocycles. The molecule has 1 rings (SSSR count). The highest BCUT2D eigenvalue weighted by Gasteiger charge is 2.31. The van der Waals surface area contributed by atoms with Crippen LogP contribution >= 0.6 is 11.6 Å². The van der Waals surface area contributed by atoms with Crippen LogP contribution in [0, 0.1) is 5.92 Å². The Bertz CT molecular complexity index is 491. The molecule has 20 heavy (non-hydrogen) atoms. The van der Waals surface area contributed by atoms with Gasteiger partial charge in [0, 0.05) is 10.7 Å². The molecule has 0 aliphatic carbocycles. The largest absolute Gasteiger partial charge is 0.416 e. The van der Waals surface area contributed by atoms with E-state index in [4.69, 9.17) is 17.3 Å². The summed E-state index contributed by atoms with van der Waals surface area (Å²) < 4.78 is 37.9. The van der Waals surface area contributed by atoms with Crippen molar-refractivity contribution in [2.75, 3.05) is 5.32 Å². The first-order valence-corrected chi connectivity index (χ1v) is 6.47. The molecule has 2 unspecified atom stereocenters. The van der Waals surface area contributed by atoms with Crippen molar-refractivity contribution in [3.63, 3.8) is 0 Å². The maximum Gasteiger partial charge on any atom is 0.416 e. The van der Waals surface area contributed by atoms with Gasteiger partial charge in [0.25, 0.3) is 0 Å². The molecular formula is C13H16ClF3N2O. The third-order valence-electron chi connectivity index (χ3n) is 3.05. The lowest BCUT2D eigenvalue weighted by atomic mass is 9.99. The van der Waals surface area contributed by atoms with Crippen molar-refractivity contribution < 1.29 is 18.0 Å². The fourth-order valence-electron chi connectivity index (χ4n) is 1.56. The number of rotatable bonds is 4. The summed E-state index contributed by atoms with van der Waals surface area (Å²) >= 11 is 5.63. The van der Waals surface area contributed by atoms with Gasteiger partial charge >= 0.3 is 6.18 Å². The van der Waals surface area contributed by atoms with Gasteiger partial charge in [-0.15, -0.1) is 0 Å². The van der Waals surface area contributed by atoms with Gasteiger partial charge < -0.3 is 11.1 Å². The number of carbonyl (C=O) groups is 1. The van der Waals surface area contributed by atoms with E-state index in [1.54, 1.807) is 6.92 Å². The maximum atomic E-state index is 12.6. The van der Waals surface area contributed by atoms with Crippen LogP contribution in [0.5, 0.6) is 0 Å². The minimum Gasteiger partial charge on any atom is -0.325 e. The summed E-state index contributed by atoms with van der Waals surface area (Å²) in [6.45, 7) is 3.67. The Hall–Kier alpha value is -1.27. The second-order valence-electron chi connectivity index (χ2n) is 4.63. The molecule has 1 aromatic carbocycles. The Kier molecular flexibility index (Phi) is 5.42. The standard InChI is InChI=1S/C13H16ClF3N2O/c1-3-7(2)11(18)12(20)19-10-5-8(13(15,16)17)4-9(14)6-10/h4-7,11H,3,18H2,1-2H3,(H,19,20). The van der Waals surface area contributed by atoms with Gasteiger partial charge in [0.2, 0.25) is 5.91 Å². The molecule has 0 saturated carbocycles. The Labute approximate surface area is 120 Å². The van der Waals surface area contributed by atoms with E-state index in [9.17, 15) is 18.0 Å². The number of amides is 1. The molecule has 0 fully saturated rings. The summed E-state index contributed by atoms with van der Waals surface area (Å²) in [5, 5.41) is 2.26. The zero-order valence-corrected chi connectivity index (χ0v) is 11.8. The number of nitrogens with one attached hydrogen (secondary N) is 1. The van der Waals surface area contributed by atoms with Gasteiger partial charge in [-0.05, 0) is 24.1 Å². The second-order valence-corrected chi connectivity index (χ2v) is 5.06. The van der Waals surface area contributed by atoms with Crippen molar-refractivity contribution in [1.29, 1.82) is 0 Å². The van der Waals surface area contributed by atoms with Gasteiger partial charge in [0.1, 0.15) is 0 Å². The van der Waals surface area contributed by atoms with Crippen LogP contribution in [0.15, 0.2) is 18.2 Å². The Morgan fingerprint density at radius 3 is 2.50 bits per heavy atom. The number of hydrogen-bond acceptors (Lipinski definition) is 2. The molecule has 112 valence electrons. The molecule has 1 aromatic rings. The van der Waals surface area contributed by atoms with E-state index in [0.717, 1.165) is 12.1 Å². The molecular weight excluding hydrogens is 293 g/mol. The van der Waals surface area contributed by atoms with E-state index in [1.165, 1.54) is 6.07 Å². The lowest BCUT2D eigenvalue weighted by Gasteiger charge is -2.18. The third kappa shape index (κ3) is 4.38. The van der Waals surface area contributed by atoms with Crippen molar-refractivity contribution in [3.8, 4) is 0 Å². The van der Waals surface area contributed by atoms with Crippen molar-refractivity contribution in [3.05, 3.63) is 28.8 Å². The smallest absolute Gasteiger partial charge is 0.325 e. The maximum absolute atomic E-state index is 12.6. The van der Waals surface area contributed by atoms with Gasteiger partial charge in [-0.25, -0.2) is 0 Å². The number of anilines is 1. The number of alkyl halides is 3. The predicted octanol–water partition coefficient (Wildman–Crippen LogP) is 3.67. The highest BCUT2D eigenvalue weighted by Crippen LogP contribution is 2.33. The van der Waals surface area contributed by atoms with Crippen LogP contribution < -0.4 is 11.1 Å². The highest BCUT2D eigenvalue weighted by molar-refractivity contribution is 6.31. The summed E-state index contributed by atoms with van der Waals surface area (Å²) in [6, 6.07) is 2.09. The van der Waals surface area contributed by atoms with Crippen LogP contribution in [0.1, 0.15) is 25.8 Å². The van der Waals surface area contributed by atoms with Crippen LogP contribution in [-0.4, -0.2) is 11.9 Å². The van der Waals surface area contributed by atoms with Gasteiger partial charge in [-0.1, -0.05) is 31.9 Å². The van der Waals surface area contributed by atoms with Crippen molar-refractivity contribution in [2.24, 2.45) is 11.7 Å². The average Bonchev–Trinajstić information content (AvgIpc) is 2.35. The minimum absolute atomic E-state index is 0.0198. The van der Waals surface area contributed by atoms with E-state index in [-0.39, 0.29) is 16.6 Å². The zero-order chi connectivity index (χ0) is 15.5. The summed E-state index contributed by atoms with van der Waals surface area (Å²) in [6.07, 6.45) is -3.83. The molecule has 7 heteroatoms. The number of halogens is 4. The van der Waals surface area contributed by atoms with Crippen LogP contribution in [0.2, 0.25) is 5.02 Å². The third-order valence-corrected chi connectivity index (χ3v) is 3.27. The van der Waals surface area contributed by atoms with Crippen LogP contribution in [-0.2, 0) is 11.0 Å². The number of benzene rings is 1. The van der Waals surface area contributed by atoms with E-state index < -0.39 is 23.7 Å². The van der Waals surface area contributed by atoms with Crippen LogP contribution in [0.3, 0.4) is 0 Å². The molecule has 2 atom stereocenters. The molecule has 1 amide bonds. The lowest BCUT2D eigenvalue weighted by molar-refractivity contribution is -0.137. The van der Waals surface area contributed by atoms with Gasteiger partial charge in [0.15, 0.2) is 0 Å². The molecule has 0 aliphatic heterocycles. The second kappa shape index (κ2) is 6.45. The first-order valence-electron chi connectivity index (χ1n) is 6.09. The molecule has 0 spiro atoms. The summed E-state index contributed by atoms with van der Waals surface area (Å²) in [7, 11) is 0. The van der Waals surface area contributed by atoms with Crippen molar-refractivity contribution in [1.82, 2.24) is 0 Å². The lowest BCUT2D eigenvalue weighted by Crippen LogP contribution is -2.40. The van der Waals surface area contributed by atoms with Gasteiger partial charge in [-0.2, -0.15) is 13.2 Å². The number of hydrogen-bond donors (Lipinski definition) is 2. The van der Waals surface area contributed by atoms with E-state index in [1.807, 2.05) is 6.92 Å². The summed E-state index contributed by atoms with van der Waals surface area (Å²) in [4.78, 5) is 11.8. The normalized spacial score (nSPS) is 14.8. The van der Waals surface area contributed by atoms with E-state index in [2.05, 4.69) is 5.32 Å². The van der Waals surface area contributed by atoms with Gasteiger partial charge in [-0.3, -0.25) is 4.79 Å². The minimum atomic E-state index is -4.52. The zero-order valence-electron chi connectivity index (χ0n) is 11.1. The first kappa shape index (κ1) is 16.8. The quantitative estimate of drug-likeness (QED) is 0.891. The monoisotopic (exact) mass is 308 g/mol. The molecule has 0 heterocycles. The molecule has 0 bridgehead atoms. The van der Waals surface area contributed by atoms with Crippen molar-refractivity contribution in [2.45, 2.75) is 32.5 Å². The molecule has 3 N–H and O–H groups in total. The molecule has 3 nitrogen and oxygen atoms in total. The Morgan fingerprint density at radius 1 is 1.40 bits per heavy atom. The predicted molar refractivity (Wildman–Crippen MR) is 72.5 cm³/mol. The molecule has 0 aliphatic rings. The van der Waals surface area contributed by atoms with E-state index >= 15 is 0 Å².